The Labute approximate surface area is 158 Å². The number of hydrogen-bond acceptors (Lipinski definition) is 8. The summed E-state index contributed by atoms with van der Waals surface area (Å²) in [4.78, 5) is 34.2. The molecule has 13 heteroatoms. The van der Waals surface area contributed by atoms with Crippen molar-refractivity contribution in [3.63, 3.8) is 0 Å². The molecule has 1 aliphatic heterocycles. The number of aliphatic hydroxyl groups excluding tert-OH is 1. The lowest BCUT2D eigenvalue weighted by Gasteiger charge is -2.28. The van der Waals surface area contributed by atoms with Gasteiger partial charge in [0.1, 0.15) is 17.8 Å². The summed E-state index contributed by atoms with van der Waals surface area (Å²) in [5.41, 5.74) is -2.30. The smallest absolute Gasteiger partial charge is 0.329 e. The van der Waals surface area contributed by atoms with Gasteiger partial charge >= 0.3 is 13.6 Å². The molecule has 0 saturated carbocycles. The zero-order valence-electron chi connectivity index (χ0n) is 14.5. The molecule has 1 aliphatic rings. The molecule has 27 heavy (non-hydrogen) atoms. The molecule has 0 aliphatic carbocycles. The number of aromatic nitrogens is 2. The highest BCUT2D eigenvalue weighted by molar-refractivity contribution is 7.71. The molecule has 1 saturated heterocycles. The quantitative estimate of drug-likeness (QED) is 0.292. The molecule has 6 atom stereocenters. The number of carboxylic acids is 1. The van der Waals surface area contributed by atoms with E-state index in [-0.39, 0.29) is 4.77 Å². The van der Waals surface area contributed by atoms with Crippen molar-refractivity contribution in [1.82, 2.24) is 9.55 Å². The van der Waals surface area contributed by atoms with Crippen LogP contribution in [0.15, 0.2) is 17.1 Å². The molecule has 0 radical (unpaired) electrons. The summed E-state index contributed by atoms with van der Waals surface area (Å²) in [7, 11) is -4.26. The average molecular weight is 424 g/mol. The second kappa shape index (κ2) is 7.92. The number of aromatic amines is 1. The number of rotatable bonds is 7. The van der Waals surface area contributed by atoms with Crippen molar-refractivity contribution in [2.24, 2.45) is 5.92 Å². The first kappa shape index (κ1) is 21.9. The van der Waals surface area contributed by atoms with Gasteiger partial charge in [-0.2, -0.15) is 0 Å². The van der Waals surface area contributed by atoms with Crippen LogP contribution in [0.2, 0.25) is 0 Å². The Kier molecular flexibility index (Phi) is 6.42. The summed E-state index contributed by atoms with van der Waals surface area (Å²) in [6.45, 7) is 1.97. The van der Waals surface area contributed by atoms with Gasteiger partial charge in [0.25, 0.3) is 5.56 Å². The molecule has 1 aromatic heterocycles. The molecule has 0 aromatic carbocycles. The van der Waals surface area contributed by atoms with Crippen LogP contribution in [0, 0.1) is 10.7 Å². The second-order valence-electron chi connectivity index (χ2n) is 6.57. The van der Waals surface area contributed by atoms with E-state index in [9.17, 15) is 29.3 Å². The van der Waals surface area contributed by atoms with E-state index in [2.05, 4.69) is 4.98 Å². The molecule has 2 heterocycles. The van der Waals surface area contributed by atoms with E-state index in [1.165, 1.54) is 24.6 Å². The maximum atomic E-state index is 12.0. The van der Waals surface area contributed by atoms with E-state index in [1.54, 1.807) is 0 Å². The van der Waals surface area contributed by atoms with Gasteiger partial charge in [0.2, 0.25) is 0 Å². The number of nitrogens with one attached hydrogen (secondary N) is 1. The van der Waals surface area contributed by atoms with Crippen LogP contribution < -0.4 is 5.56 Å². The highest BCUT2D eigenvalue weighted by Gasteiger charge is 2.53. The molecular formula is C14H21N2O9PS. The molecule has 1 aromatic rings. The number of ether oxygens (including phenoxy) is 1. The van der Waals surface area contributed by atoms with Gasteiger partial charge in [-0.05, 0) is 19.1 Å². The normalized spacial score (nSPS) is 31.4. The van der Waals surface area contributed by atoms with Gasteiger partial charge in [-0.3, -0.25) is 23.7 Å². The lowest BCUT2D eigenvalue weighted by Crippen LogP contribution is -2.44. The monoisotopic (exact) mass is 424 g/mol. The Morgan fingerprint density at radius 1 is 1.59 bits per heavy atom. The predicted octanol–water partition coefficient (Wildman–Crippen LogP) is -0.162. The number of hydrogen-bond donors (Lipinski definition) is 5. The topological polar surface area (TPSA) is 171 Å². The first-order valence-corrected chi connectivity index (χ1v) is 10.1. The van der Waals surface area contributed by atoms with E-state index >= 15 is 0 Å². The van der Waals surface area contributed by atoms with Crippen LogP contribution in [-0.2, 0) is 18.6 Å². The van der Waals surface area contributed by atoms with Crippen LogP contribution in [0.4, 0.5) is 0 Å². The summed E-state index contributed by atoms with van der Waals surface area (Å²) in [5, 5.41) is 29.7. The fraction of sp³-hybridized carbons (Fsp3) is 0.643. The van der Waals surface area contributed by atoms with Gasteiger partial charge in [-0.1, -0.05) is 6.92 Å². The van der Waals surface area contributed by atoms with Crippen molar-refractivity contribution >= 4 is 25.8 Å². The van der Waals surface area contributed by atoms with Crippen molar-refractivity contribution in [3.8, 4) is 0 Å². The van der Waals surface area contributed by atoms with Gasteiger partial charge < -0.3 is 29.5 Å². The van der Waals surface area contributed by atoms with Crippen molar-refractivity contribution in [3.05, 3.63) is 27.4 Å². The van der Waals surface area contributed by atoms with E-state index in [0.717, 1.165) is 6.07 Å². The first-order chi connectivity index (χ1) is 12.3. The number of H-pyrrole nitrogens is 1. The fourth-order valence-corrected chi connectivity index (χ4v) is 4.25. The van der Waals surface area contributed by atoms with E-state index in [1.807, 2.05) is 0 Å². The minimum Gasteiger partial charge on any atom is -0.481 e. The second-order valence-corrected chi connectivity index (χ2v) is 8.86. The molecule has 0 bridgehead atoms. The van der Waals surface area contributed by atoms with Gasteiger partial charge in [-0.25, -0.2) is 0 Å². The maximum absolute atomic E-state index is 12.0. The SMILES string of the molecule is C[C@H](CP(=O)(O)OC[C@H]1O[C@@H](n2ccc(=O)[nH]c2=S)[C@](C)(O)C1O)C(=O)O. The molecule has 2 unspecified atom stereocenters. The molecule has 11 nitrogen and oxygen atoms in total. The van der Waals surface area contributed by atoms with E-state index in [0.29, 0.717) is 0 Å². The highest BCUT2D eigenvalue weighted by atomic mass is 32.1. The van der Waals surface area contributed by atoms with Gasteiger partial charge in [0.05, 0.1) is 18.7 Å². The number of carbonyl (C=O) groups is 1. The lowest BCUT2D eigenvalue weighted by atomic mass is 9.96. The van der Waals surface area contributed by atoms with Gasteiger partial charge in [0.15, 0.2) is 11.0 Å². The standard InChI is InChI=1S/C14H21N2O9PS/c1-7(11(19)20)6-26(22,23)24-5-8-10(18)14(2,21)12(25-8)16-4-3-9(17)15-13(16)27/h3-4,7-8,10,12,18,21H,5-6H2,1-2H3,(H,19,20)(H,22,23)(H,15,17,27)/t7-,8-,10?,12-,14-/m1/s1. The van der Waals surface area contributed by atoms with Crippen LogP contribution in [0.3, 0.4) is 0 Å². The fourth-order valence-electron chi connectivity index (χ4n) is 2.66. The van der Waals surface area contributed by atoms with Crippen LogP contribution in [0.25, 0.3) is 0 Å². The Bertz CT molecular complexity index is 867. The molecule has 1 fully saturated rings. The molecule has 152 valence electrons. The highest BCUT2D eigenvalue weighted by Crippen LogP contribution is 2.46. The van der Waals surface area contributed by atoms with Crippen molar-refractivity contribution in [2.75, 3.05) is 12.8 Å². The van der Waals surface area contributed by atoms with Crippen LogP contribution in [0.5, 0.6) is 0 Å². The van der Waals surface area contributed by atoms with Crippen molar-refractivity contribution in [1.29, 1.82) is 0 Å². The number of aliphatic carboxylic acids is 1. The minimum absolute atomic E-state index is 0.0512. The lowest BCUT2D eigenvalue weighted by molar-refractivity contribution is -0.140. The number of aliphatic hydroxyl groups is 2. The predicted molar refractivity (Wildman–Crippen MR) is 93.9 cm³/mol. The average Bonchev–Trinajstić information content (AvgIpc) is 2.76. The van der Waals surface area contributed by atoms with Gasteiger partial charge in [0, 0.05) is 12.3 Å². The zero-order valence-corrected chi connectivity index (χ0v) is 16.2. The summed E-state index contributed by atoms with van der Waals surface area (Å²) in [6, 6.07) is 1.15. The Morgan fingerprint density at radius 3 is 2.78 bits per heavy atom. The zero-order chi connectivity index (χ0) is 20.6. The maximum Gasteiger partial charge on any atom is 0.329 e. The summed E-state index contributed by atoms with van der Waals surface area (Å²) >= 11 is 5.02. The van der Waals surface area contributed by atoms with Crippen LogP contribution in [-0.4, -0.2) is 66.3 Å². The number of nitrogens with zero attached hydrogens (tertiary/aromatic N) is 1. The van der Waals surface area contributed by atoms with Gasteiger partial charge in [-0.15, -0.1) is 0 Å². The van der Waals surface area contributed by atoms with E-state index < -0.39 is 61.8 Å². The largest absolute Gasteiger partial charge is 0.481 e. The van der Waals surface area contributed by atoms with Crippen molar-refractivity contribution < 1.29 is 38.8 Å². The van der Waals surface area contributed by atoms with E-state index in [4.69, 9.17) is 26.6 Å². The third-order valence-electron chi connectivity index (χ3n) is 4.23. The molecule has 5 N–H and O–H groups in total. The Morgan fingerprint density at radius 2 is 2.22 bits per heavy atom. The number of carboxylic acid groups (broad SMARTS) is 1. The summed E-state index contributed by atoms with van der Waals surface area (Å²) in [5.74, 6) is -2.36. The van der Waals surface area contributed by atoms with Crippen molar-refractivity contribution in [2.45, 2.75) is 37.9 Å². The Hall–Kier alpha value is -1.40. The first-order valence-electron chi connectivity index (χ1n) is 7.91. The van der Waals surface area contributed by atoms with Crippen LogP contribution in [0.1, 0.15) is 20.1 Å². The molecular weight excluding hydrogens is 403 g/mol. The summed E-state index contributed by atoms with van der Waals surface area (Å²) in [6.07, 6.45) is -3.23. The Balaban J connectivity index is 2.14. The molecule has 2 rings (SSSR count). The minimum atomic E-state index is -4.26. The third kappa shape index (κ3) is 4.91. The molecule has 0 spiro atoms. The van der Waals surface area contributed by atoms with Crippen LogP contribution >= 0.6 is 19.8 Å². The third-order valence-corrected chi connectivity index (χ3v) is 6.10. The molecule has 0 amide bonds. The summed E-state index contributed by atoms with van der Waals surface area (Å²) < 4.78 is 23.6.